The van der Waals surface area contributed by atoms with E-state index >= 15 is 0 Å². The number of carbonyl (C=O) groups excluding carboxylic acids is 1. The van der Waals surface area contributed by atoms with Crippen LogP contribution in [0.15, 0.2) is 12.1 Å². The molecular formula is C17H22O4. The van der Waals surface area contributed by atoms with Gasteiger partial charge in [0, 0.05) is 6.92 Å². The lowest BCUT2D eigenvalue weighted by Crippen LogP contribution is -2.20. The second kappa shape index (κ2) is 6.29. The average Bonchev–Trinajstić information content (AvgIpc) is 2.42. The minimum Gasteiger partial charge on any atom is -0.481 e. The van der Waals surface area contributed by atoms with Crippen molar-refractivity contribution < 1.29 is 19.4 Å². The van der Waals surface area contributed by atoms with E-state index in [4.69, 9.17) is 9.84 Å². The Morgan fingerprint density at radius 1 is 1.10 bits per heavy atom. The summed E-state index contributed by atoms with van der Waals surface area (Å²) >= 11 is 0. The van der Waals surface area contributed by atoms with Crippen LogP contribution in [0.25, 0.3) is 0 Å². The van der Waals surface area contributed by atoms with Gasteiger partial charge in [0.1, 0.15) is 5.75 Å². The molecule has 21 heavy (non-hydrogen) atoms. The number of carboxylic acids is 1. The molecule has 0 amide bonds. The van der Waals surface area contributed by atoms with Crippen molar-refractivity contribution in [3.63, 3.8) is 0 Å². The van der Waals surface area contributed by atoms with E-state index in [-0.39, 0.29) is 11.9 Å². The first-order valence-electron chi connectivity index (χ1n) is 7.41. The van der Waals surface area contributed by atoms with E-state index in [1.807, 2.05) is 13.8 Å². The van der Waals surface area contributed by atoms with Crippen molar-refractivity contribution in [1.82, 2.24) is 0 Å². The summed E-state index contributed by atoms with van der Waals surface area (Å²) in [5.74, 6) is -0.124. The molecular weight excluding hydrogens is 268 g/mol. The molecule has 0 aromatic heterocycles. The highest BCUT2D eigenvalue weighted by Crippen LogP contribution is 2.38. The highest BCUT2D eigenvalue weighted by atomic mass is 16.5. The molecule has 1 N–H and O–H groups in total. The Bertz CT molecular complexity index is 531. The van der Waals surface area contributed by atoms with E-state index in [0.717, 1.165) is 36.8 Å². The van der Waals surface area contributed by atoms with Crippen molar-refractivity contribution in [1.29, 1.82) is 0 Å². The predicted octanol–water partition coefficient (Wildman–Crippen LogP) is 3.59. The lowest BCUT2D eigenvalue weighted by atomic mass is 9.78. The largest absolute Gasteiger partial charge is 0.481 e. The maximum Gasteiger partial charge on any atom is 0.308 e. The summed E-state index contributed by atoms with van der Waals surface area (Å²) in [6.07, 6.45) is 3.29. The summed E-state index contributed by atoms with van der Waals surface area (Å²) in [5, 5.41) is 9.06. The first-order valence-corrected chi connectivity index (χ1v) is 7.41. The average molecular weight is 290 g/mol. The Morgan fingerprint density at radius 2 is 1.62 bits per heavy atom. The Hall–Kier alpha value is -1.84. The predicted molar refractivity (Wildman–Crippen MR) is 79.6 cm³/mol. The minimum absolute atomic E-state index is 0.191. The normalized spacial score (nSPS) is 21.9. The fourth-order valence-corrected chi connectivity index (χ4v) is 3.20. The molecule has 1 aliphatic rings. The summed E-state index contributed by atoms with van der Waals surface area (Å²) in [4.78, 5) is 22.1. The van der Waals surface area contributed by atoms with Crippen LogP contribution in [0.1, 0.15) is 55.2 Å². The lowest BCUT2D eigenvalue weighted by Gasteiger charge is -2.27. The van der Waals surface area contributed by atoms with Crippen LogP contribution in [0.2, 0.25) is 0 Å². The van der Waals surface area contributed by atoms with Crippen molar-refractivity contribution in [2.45, 2.75) is 52.4 Å². The van der Waals surface area contributed by atoms with E-state index < -0.39 is 5.97 Å². The van der Waals surface area contributed by atoms with Gasteiger partial charge in [0.25, 0.3) is 0 Å². The Morgan fingerprint density at radius 3 is 2.05 bits per heavy atom. The molecule has 0 heterocycles. The fourth-order valence-electron chi connectivity index (χ4n) is 3.20. The zero-order valence-electron chi connectivity index (χ0n) is 12.8. The van der Waals surface area contributed by atoms with Gasteiger partial charge in [-0.1, -0.05) is 12.1 Å². The summed E-state index contributed by atoms with van der Waals surface area (Å²) in [7, 11) is 0. The summed E-state index contributed by atoms with van der Waals surface area (Å²) < 4.78 is 5.25. The summed E-state index contributed by atoms with van der Waals surface area (Å²) in [6.45, 7) is 5.29. The SMILES string of the molecule is CC(=O)Oc1c(C)cc(C2CCC(C(=O)O)CC2)cc1C. The number of carboxylic acid groups (broad SMARTS) is 1. The fraction of sp³-hybridized carbons (Fsp3) is 0.529. The second-order valence-electron chi connectivity index (χ2n) is 5.96. The highest BCUT2D eigenvalue weighted by molar-refractivity contribution is 5.71. The minimum atomic E-state index is -0.675. The van der Waals surface area contributed by atoms with Crippen molar-refractivity contribution in [3.05, 3.63) is 28.8 Å². The lowest BCUT2D eigenvalue weighted by molar-refractivity contribution is -0.142. The van der Waals surface area contributed by atoms with Gasteiger partial charge < -0.3 is 9.84 Å². The number of hydrogen-bond donors (Lipinski definition) is 1. The Labute approximate surface area is 125 Å². The Kier molecular flexibility index (Phi) is 4.66. The topological polar surface area (TPSA) is 63.6 Å². The van der Waals surface area contributed by atoms with Gasteiger partial charge in [0.05, 0.1) is 5.92 Å². The number of rotatable bonds is 3. The molecule has 4 nitrogen and oxygen atoms in total. The van der Waals surface area contributed by atoms with Gasteiger partial charge in [-0.15, -0.1) is 0 Å². The van der Waals surface area contributed by atoms with Crippen LogP contribution < -0.4 is 4.74 Å². The van der Waals surface area contributed by atoms with E-state index in [2.05, 4.69) is 12.1 Å². The highest BCUT2D eigenvalue weighted by Gasteiger charge is 2.27. The third kappa shape index (κ3) is 3.63. The van der Waals surface area contributed by atoms with Gasteiger partial charge in [0.2, 0.25) is 0 Å². The molecule has 1 aromatic carbocycles. The molecule has 2 rings (SSSR count). The monoisotopic (exact) mass is 290 g/mol. The molecule has 1 aliphatic carbocycles. The number of aryl methyl sites for hydroxylation is 2. The molecule has 0 spiro atoms. The van der Waals surface area contributed by atoms with Gasteiger partial charge in [0.15, 0.2) is 0 Å². The molecule has 0 radical (unpaired) electrons. The van der Waals surface area contributed by atoms with E-state index in [1.54, 1.807) is 0 Å². The van der Waals surface area contributed by atoms with Crippen molar-refractivity contribution in [2.24, 2.45) is 5.92 Å². The standard InChI is InChI=1S/C17H22O4/c1-10-8-15(9-11(2)16(10)21-12(3)18)13-4-6-14(7-5-13)17(19)20/h8-9,13-14H,4-7H2,1-3H3,(H,19,20). The van der Waals surface area contributed by atoms with E-state index in [0.29, 0.717) is 11.7 Å². The maximum absolute atomic E-state index is 11.1. The molecule has 0 saturated heterocycles. The van der Waals surface area contributed by atoms with Crippen molar-refractivity contribution >= 4 is 11.9 Å². The summed E-state index contributed by atoms with van der Waals surface area (Å²) in [5.41, 5.74) is 3.14. The zero-order chi connectivity index (χ0) is 15.6. The molecule has 0 unspecified atom stereocenters. The number of carbonyl (C=O) groups is 2. The first kappa shape index (κ1) is 15.5. The van der Waals surface area contributed by atoms with Gasteiger partial charge in [-0.25, -0.2) is 0 Å². The third-order valence-electron chi connectivity index (χ3n) is 4.28. The van der Waals surface area contributed by atoms with Crippen LogP contribution in [-0.2, 0) is 9.59 Å². The maximum atomic E-state index is 11.1. The number of esters is 1. The van der Waals surface area contributed by atoms with E-state index in [9.17, 15) is 9.59 Å². The molecule has 0 bridgehead atoms. The van der Waals surface area contributed by atoms with Crippen LogP contribution >= 0.6 is 0 Å². The molecule has 0 atom stereocenters. The van der Waals surface area contributed by atoms with Crippen molar-refractivity contribution in [2.75, 3.05) is 0 Å². The smallest absolute Gasteiger partial charge is 0.308 e. The van der Waals surface area contributed by atoms with Crippen LogP contribution in [0.3, 0.4) is 0 Å². The number of benzene rings is 1. The van der Waals surface area contributed by atoms with Crippen LogP contribution in [0.5, 0.6) is 5.75 Å². The summed E-state index contributed by atoms with van der Waals surface area (Å²) in [6, 6.07) is 4.13. The van der Waals surface area contributed by atoms with Crippen molar-refractivity contribution in [3.8, 4) is 5.75 Å². The van der Waals surface area contributed by atoms with E-state index in [1.165, 1.54) is 12.5 Å². The molecule has 114 valence electrons. The molecule has 1 aromatic rings. The molecule has 1 fully saturated rings. The Balaban J connectivity index is 2.15. The van der Waals surface area contributed by atoms with Gasteiger partial charge in [-0.2, -0.15) is 0 Å². The van der Waals surface area contributed by atoms with Gasteiger partial charge in [-0.3, -0.25) is 9.59 Å². The molecule has 0 aliphatic heterocycles. The van der Waals surface area contributed by atoms with Gasteiger partial charge in [-0.05, 0) is 62.1 Å². The first-order chi connectivity index (χ1) is 9.88. The molecule has 1 saturated carbocycles. The number of ether oxygens (including phenoxy) is 1. The van der Waals surface area contributed by atoms with Crippen LogP contribution in [0.4, 0.5) is 0 Å². The third-order valence-corrected chi connectivity index (χ3v) is 4.28. The number of aliphatic carboxylic acids is 1. The number of hydrogen-bond acceptors (Lipinski definition) is 3. The zero-order valence-corrected chi connectivity index (χ0v) is 12.8. The van der Waals surface area contributed by atoms with Crippen LogP contribution in [-0.4, -0.2) is 17.0 Å². The second-order valence-corrected chi connectivity index (χ2v) is 5.96. The van der Waals surface area contributed by atoms with Gasteiger partial charge >= 0.3 is 11.9 Å². The molecule has 4 heteroatoms. The van der Waals surface area contributed by atoms with Crippen LogP contribution in [0, 0.1) is 19.8 Å². The quantitative estimate of drug-likeness (QED) is 0.682.